The van der Waals surface area contributed by atoms with E-state index in [2.05, 4.69) is 15.0 Å². The zero-order valence-corrected chi connectivity index (χ0v) is 13.4. The Bertz CT molecular complexity index is 944. The van der Waals surface area contributed by atoms with Crippen LogP contribution >= 0.6 is 0 Å². The zero-order chi connectivity index (χ0) is 17.1. The normalized spacial score (nSPS) is 10.6. The molecule has 25 heavy (non-hydrogen) atoms. The minimum atomic E-state index is 0.145. The molecule has 0 bridgehead atoms. The summed E-state index contributed by atoms with van der Waals surface area (Å²) in [5.74, 6) is 1.75. The molecule has 0 unspecified atom stereocenters. The smallest absolute Gasteiger partial charge is 0.167 e. The lowest BCUT2D eigenvalue weighted by Gasteiger charge is -2.09. The molecule has 0 saturated carbocycles. The van der Waals surface area contributed by atoms with Gasteiger partial charge in [-0.05, 0) is 12.1 Å². The molecule has 0 atom stereocenters. The number of phenolic OH excluding ortho intramolecular Hbond substituents is 1. The van der Waals surface area contributed by atoms with Gasteiger partial charge in [0.1, 0.15) is 5.75 Å². The van der Waals surface area contributed by atoms with Crippen LogP contribution in [0.2, 0.25) is 0 Å². The Hall–Kier alpha value is -3.53. The summed E-state index contributed by atoms with van der Waals surface area (Å²) < 4.78 is 0. The number of hydrogen-bond donors (Lipinski definition) is 1. The first-order valence-electron chi connectivity index (χ1n) is 7.96. The number of hydrogen-bond acceptors (Lipinski definition) is 4. The molecule has 120 valence electrons. The van der Waals surface area contributed by atoms with Gasteiger partial charge < -0.3 is 5.11 Å². The first kappa shape index (κ1) is 15.0. The topological polar surface area (TPSA) is 58.9 Å². The first-order valence-corrected chi connectivity index (χ1v) is 7.96. The van der Waals surface area contributed by atoms with E-state index < -0.39 is 0 Å². The van der Waals surface area contributed by atoms with Crippen molar-refractivity contribution in [2.75, 3.05) is 0 Å². The van der Waals surface area contributed by atoms with Crippen LogP contribution in [0, 0.1) is 0 Å². The maximum atomic E-state index is 10.2. The van der Waals surface area contributed by atoms with Crippen molar-refractivity contribution in [1.29, 1.82) is 0 Å². The third kappa shape index (κ3) is 3.10. The Balaban J connectivity index is 1.94. The van der Waals surface area contributed by atoms with E-state index in [9.17, 15) is 5.11 Å². The minimum absolute atomic E-state index is 0.145. The second kappa shape index (κ2) is 6.53. The monoisotopic (exact) mass is 325 g/mol. The third-order valence-corrected chi connectivity index (χ3v) is 3.84. The zero-order valence-electron chi connectivity index (χ0n) is 13.4. The fourth-order valence-corrected chi connectivity index (χ4v) is 2.59. The van der Waals surface area contributed by atoms with Crippen LogP contribution in [0.1, 0.15) is 0 Å². The molecule has 3 aromatic carbocycles. The Morgan fingerprint density at radius 2 is 0.920 bits per heavy atom. The summed E-state index contributed by atoms with van der Waals surface area (Å²) >= 11 is 0. The number of rotatable bonds is 3. The summed E-state index contributed by atoms with van der Waals surface area (Å²) in [5.41, 5.74) is 2.39. The van der Waals surface area contributed by atoms with E-state index in [1.54, 1.807) is 18.2 Å². The SMILES string of the molecule is Oc1ccccc1-c1nc(-c2ccccc2)nc(-c2ccccc2)n1. The largest absolute Gasteiger partial charge is 0.507 e. The first-order chi connectivity index (χ1) is 12.3. The van der Waals surface area contributed by atoms with Gasteiger partial charge in [0.05, 0.1) is 5.56 Å². The average Bonchev–Trinajstić information content (AvgIpc) is 2.69. The van der Waals surface area contributed by atoms with Crippen LogP contribution in [0.25, 0.3) is 34.2 Å². The molecule has 4 rings (SSSR count). The van der Waals surface area contributed by atoms with E-state index in [0.717, 1.165) is 11.1 Å². The van der Waals surface area contributed by atoms with Crippen LogP contribution in [0.3, 0.4) is 0 Å². The molecule has 0 saturated heterocycles. The second-order valence-electron chi connectivity index (χ2n) is 5.56. The molecule has 0 amide bonds. The molecule has 4 nitrogen and oxygen atoms in total. The van der Waals surface area contributed by atoms with E-state index in [1.165, 1.54) is 0 Å². The molecule has 0 aliphatic carbocycles. The number of para-hydroxylation sites is 1. The lowest BCUT2D eigenvalue weighted by atomic mass is 10.1. The average molecular weight is 325 g/mol. The van der Waals surface area contributed by atoms with Crippen LogP contribution < -0.4 is 0 Å². The Morgan fingerprint density at radius 3 is 1.44 bits per heavy atom. The van der Waals surface area contributed by atoms with Gasteiger partial charge in [0, 0.05) is 11.1 Å². The summed E-state index contributed by atoms with van der Waals surface area (Å²) in [7, 11) is 0. The fourth-order valence-electron chi connectivity index (χ4n) is 2.59. The number of phenols is 1. The number of benzene rings is 3. The molecule has 0 radical (unpaired) electrons. The summed E-state index contributed by atoms with van der Waals surface area (Å²) in [6.45, 7) is 0. The van der Waals surface area contributed by atoms with Crippen molar-refractivity contribution in [1.82, 2.24) is 15.0 Å². The summed E-state index contributed by atoms with van der Waals surface area (Å²) in [6.07, 6.45) is 0. The minimum Gasteiger partial charge on any atom is -0.507 e. The third-order valence-electron chi connectivity index (χ3n) is 3.84. The maximum Gasteiger partial charge on any atom is 0.167 e. The predicted octanol–water partition coefficient (Wildman–Crippen LogP) is 4.58. The van der Waals surface area contributed by atoms with E-state index in [1.807, 2.05) is 66.7 Å². The molecule has 0 aliphatic heterocycles. The van der Waals surface area contributed by atoms with Gasteiger partial charge in [-0.1, -0.05) is 72.8 Å². The molecule has 0 spiro atoms. The molecule has 4 aromatic rings. The van der Waals surface area contributed by atoms with Crippen LogP contribution in [0.5, 0.6) is 5.75 Å². The van der Waals surface area contributed by atoms with E-state index in [-0.39, 0.29) is 5.75 Å². The van der Waals surface area contributed by atoms with Crippen molar-refractivity contribution < 1.29 is 5.11 Å². The fraction of sp³-hybridized carbons (Fsp3) is 0. The van der Waals surface area contributed by atoms with E-state index in [4.69, 9.17) is 0 Å². The predicted molar refractivity (Wildman–Crippen MR) is 97.8 cm³/mol. The van der Waals surface area contributed by atoms with Crippen LogP contribution in [-0.2, 0) is 0 Å². The van der Waals surface area contributed by atoms with Crippen LogP contribution in [0.15, 0.2) is 84.9 Å². The van der Waals surface area contributed by atoms with Gasteiger partial charge in [-0.25, -0.2) is 15.0 Å². The van der Waals surface area contributed by atoms with Gasteiger partial charge in [-0.3, -0.25) is 0 Å². The number of aromatic hydroxyl groups is 1. The van der Waals surface area contributed by atoms with Gasteiger partial charge >= 0.3 is 0 Å². The van der Waals surface area contributed by atoms with E-state index >= 15 is 0 Å². The highest BCUT2D eigenvalue weighted by Crippen LogP contribution is 2.29. The van der Waals surface area contributed by atoms with Gasteiger partial charge in [0.2, 0.25) is 0 Å². The van der Waals surface area contributed by atoms with Crippen molar-refractivity contribution in [2.24, 2.45) is 0 Å². The Morgan fingerprint density at radius 1 is 0.480 bits per heavy atom. The second-order valence-corrected chi connectivity index (χ2v) is 5.56. The molecule has 1 heterocycles. The lowest BCUT2D eigenvalue weighted by Crippen LogP contribution is -2.00. The highest BCUT2D eigenvalue weighted by atomic mass is 16.3. The molecular formula is C21H15N3O. The van der Waals surface area contributed by atoms with Crippen molar-refractivity contribution in [3.8, 4) is 39.9 Å². The van der Waals surface area contributed by atoms with Crippen LogP contribution in [-0.4, -0.2) is 20.1 Å². The maximum absolute atomic E-state index is 10.2. The quantitative estimate of drug-likeness (QED) is 0.599. The molecule has 1 N–H and O–H groups in total. The summed E-state index contributed by atoms with van der Waals surface area (Å²) in [5, 5.41) is 10.2. The Kier molecular flexibility index (Phi) is 3.92. The van der Waals surface area contributed by atoms with Crippen molar-refractivity contribution >= 4 is 0 Å². The van der Waals surface area contributed by atoms with E-state index in [0.29, 0.717) is 23.0 Å². The lowest BCUT2D eigenvalue weighted by molar-refractivity contribution is 0.477. The van der Waals surface area contributed by atoms with Crippen molar-refractivity contribution in [3.05, 3.63) is 84.9 Å². The number of nitrogens with zero attached hydrogens (tertiary/aromatic N) is 3. The summed E-state index contributed by atoms with van der Waals surface area (Å²) in [6, 6.07) is 26.6. The highest BCUT2D eigenvalue weighted by Gasteiger charge is 2.13. The molecule has 0 aliphatic rings. The van der Waals surface area contributed by atoms with Gasteiger partial charge in [0.15, 0.2) is 17.5 Å². The van der Waals surface area contributed by atoms with Gasteiger partial charge in [0.25, 0.3) is 0 Å². The van der Waals surface area contributed by atoms with Crippen molar-refractivity contribution in [2.45, 2.75) is 0 Å². The molecular weight excluding hydrogens is 310 g/mol. The molecule has 0 fully saturated rings. The highest BCUT2D eigenvalue weighted by molar-refractivity contribution is 5.69. The summed E-state index contributed by atoms with van der Waals surface area (Å²) in [4.78, 5) is 13.8. The van der Waals surface area contributed by atoms with Gasteiger partial charge in [-0.2, -0.15) is 0 Å². The Labute approximate surface area is 145 Å². The van der Waals surface area contributed by atoms with Crippen LogP contribution in [0.4, 0.5) is 0 Å². The molecule has 1 aromatic heterocycles. The van der Waals surface area contributed by atoms with Gasteiger partial charge in [-0.15, -0.1) is 0 Å². The molecule has 4 heteroatoms. The number of aromatic nitrogens is 3. The van der Waals surface area contributed by atoms with Crippen molar-refractivity contribution in [3.63, 3.8) is 0 Å². The standard InChI is InChI=1S/C21H15N3O/c25-18-14-8-7-13-17(18)21-23-19(15-9-3-1-4-10-15)22-20(24-21)16-11-5-2-6-12-16/h1-14,25H.